The third kappa shape index (κ3) is 5.11. The minimum Gasteiger partial charge on any atom is -0.466 e. The van der Waals surface area contributed by atoms with Crippen LogP contribution in [-0.2, 0) is 14.0 Å². The van der Waals surface area contributed by atoms with E-state index in [2.05, 4.69) is 54.3 Å². The highest BCUT2D eigenvalue weighted by atomic mass is 28.4. The van der Waals surface area contributed by atoms with Crippen molar-refractivity contribution in [2.24, 2.45) is 11.8 Å². The van der Waals surface area contributed by atoms with E-state index in [-0.39, 0.29) is 16.9 Å². The van der Waals surface area contributed by atoms with Gasteiger partial charge in [0.2, 0.25) is 0 Å². The smallest absolute Gasteiger partial charge is 0.333 e. The van der Waals surface area contributed by atoms with Gasteiger partial charge in [0.05, 0.1) is 7.11 Å². The second-order valence-electron chi connectivity index (χ2n) is 6.94. The monoisotopic (exact) mass is 286 g/mol. The first-order chi connectivity index (χ1) is 8.44. The quantitative estimate of drug-likeness (QED) is 0.420. The molecule has 1 unspecified atom stereocenters. The summed E-state index contributed by atoms with van der Waals surface area (Å²) < 4.78 is 11.0. The lowest BCUT2D eigenvalue weighted by Gasteiger charge is -2.38. The number of rotatable bonds is 6. The second kappa shape index (κ2) is 6.71. The summed E-state index contributed by atoms with van der Waals surface area (Å²) in [4.78, 5) is 11.6. The molecule has 19 heavy (non-hydrogen) atoms. The van der Waals surface area contributed by atoms with Crippen LogP contribution in [0.15, 0.2) is 12.2 Å². The molecule has 112 valence electrons. The van der Waals surface area contributed by atoms with Crippen LogP contribution in [0, 0.1) is 11.8 Å². The lowest BCUT2D eigenvalue weighted by atomic mass is 9.90. The Hall–Kier alpha value is -0.613. The van der Waals surface area contributed by atoms with Gasteiger partial charge >= 0.3 is 5.97 Å². The maximum absolute atomic E-state index is 11.6. The molecule has 0 fully saturated rings. The summed E-state index contributed by atoms with van der Waals surface area (Å²) >= 11 is 0. The van der Waals surface area contributed by atoms with Crippen molar-refractivity contribution in [3.05, 3.63) is 12.2 Å². The molecule has 0 bridgehead atoms. The Morgan fingerprint density at radius 3 is 2.05 bits per heavy atom. The van der Waals surface area contributed by atoms with Crippen LogP contribution in [-0.4, -0.2) is 28.0 Å². The first-order valence-corrected chi connectivity index (χ1v) is 9.76. The summed E-state index contributed by atoms with van der Waals surface area (Å²) in [5, 5.41) is 0.168. The van der Waals surface area contributed by atoms with Gasteiger partial charge < -0.3 is 9.16 Å². The number of carbonyl (C=O) groups excluding carboxylic acids is 1. The lowest BCUT2D eigenvalue weighted by molar-refractivity contribution is -0.137. The topological polar surface area (TPSA) is 35.5 Å². The minimum atomic E-state index is -1.80. The molecule has 0 aliphatic carbocycles. The zero-order chi connectivity index (χ0) is 15.4. The molecule has 4 heteroatoms. The number of esters is 1. The number of carbonyl (C=O) groups is 1. The van der Waals surface area contributed by atoms with Crippen molar-refractivity contribution in [2.45, 2.75) is 52.8 Å². The van der Waals surface area contributed by atoms with E-state index in [0.717, 1.165) is 0 Å². The molecule has 0 aliphatic heterocycles. The van der Waals surface area contributed by atoms with Gasteiger partial charge in [-0.1, -0.05) is 41.2 Å². The van der Waals surface area contributed by atoms with Crippen LogP contribution in [0.4, 0.5) is 0 Å². The molecule has 0 saturated carbocycles. The molecule has 0 rings (SSSR count). The van der Waals surface area contributed by atoms with Gasteiger partial charge in [0.25, 0.3) is 0 Å². The fourth-order valence-electron chi connectivity index (χ4n) is 1.49. The van der Waals surface area contributed by atoms with Gasteiger partial charge in [-0.15, -0.1) is 0 Å². The summed E-state index contributed by atoms with van der Waals surface area (Å²) in [6.45, 7) is 19.6. The maximum atomic E-state index is 11.6. The van der Waals surface area contributed by atoms with Crippen LogP contribution in [0.3, 0.4) is 0 Å². The van der Waals surface area contributed by atoms with E-state index in [1.807, 2.05) is 0 Å². The third-order valence-corrected chi connectivity index (χ3v) is 8.63. The standard InChI is InChI=1S/C15H30O3Si/c1-11(2)13(12(3)14(16)17-7)10-18-19(8,9)15(4,5)6/h11,13H,3,10H2,1-2,4-9H3. The van der Waals surface area contributed by atoms with Crippen LogP contribution in [0.5, 0.6) is 0 Å². The largest absolute Gasteiger partial charge is 0.466 e. The summed E-state index contributed by atoms with van der Waals surface area (Å²) in [5.74, 6) is -0.0181. The van der Waals surface area contributed by atoms with Crippen LogP contribution in [0.2, 0.25) is 18.1 Å². The van der Waals surface area contributed by atoms with Crippen LogP contribution >= 0.6 is 0 Å². The van der Waals surface area contributed by atoms with Gasteiger partial charge in [-0.05, 0) is 24.1 Å². The van der Waals surface area contributed by atoms with Crippen molar-refractivity contribution in [2.75, 3.05) is 13.7 Å². The van der Waals surface area contributed by atoms with E-state index in [1.165, 1.54) is 7.11 Å². The molecule has 0 aliphatic rings. The molecule has 0 heterocycles. The van der Waals surface area contributed by atoms with Crippen molar-refractivity contribution < 1.29 is 14.0 Å². The average Bonchev–Trinajstić information content (AvgIpc) is 2.25. The number of methoxy groups -OCH3 is 1. The SMILES string of the molecule is C=C(C(=O)OC)C(CO[Si](C)(C)C(C)(C)C)C(C)C. The molecule has 0 aromatic heterocycles. The Morgan fingerprint density at radius 1 is 1.26 bits per heavy atom. The number of hydrogen-bond donors (Lipinski definition) is 0. The van der Waals surface area contributed by atoms with Crippen LogP contribution in [0.1, 0.15) is 34.6 Å². The molecule has 1 atom stereocenters. The normalized spacial score (nSPS) is 14.4. The summed E-state index contributed by atoms with van der Waals surface area (Å²) in [5.41, 5.74) is 0.510. The van der Waals surface area contributed by atoms with E-state index in [9.17, 15) is 4.79 Å². The van der Waals surface area contributed by atoms with Gasteiger partial charge in [-0.3, -0.25) is 0 Å². The van der Waals surface area contributed by atoms with E-state index >= 15 is 0 Å². The van der Waals surface area contributed by atoms with Crippen molar-refractivity contribution in [3.63, 3.8) is 0 Å². The molecular weight excluding hydrogens is 256 g/mol. The molecule has 0 aromatic rings. The minimum absolute atomic E-state index is 0.0153. The summed E-state index contributed by atoms with van der Waals surface area (Å²) in [7, 11) is -0.409. The van der Waals surface area contributed by atoms with Gasteiger partial charge in [-0.25, -0.2) is 4.79 Å². The summed E-state index contributed by atoms with van der Waals surface area (Å²) in [6.07, 6.45) is 0. The van der Waals surface area contributed by atoms with Gasteiger partial charge in [0, 0.05) is 18.1 Å². The molecule has 0 amide bonds. The van der Waals surface area contributed by atoms with Gasteiger partial charge in [0.15, 0.2) is 8.32 Å². The first-order valence-electron chi connectivity index (χ1n) is 6.85. The highest BCUT2D eigenvalue weighted by molar-refractivity contribution is 6.74. The highest BCUT2D eigenvalue weighted by Crippen LogP contribution is 2.37. The molecule has 0 aromatic carbocycles. The Kier molecular flexibility index (Phi) is 6.49. The molecule has 0 spiro atoms. The first kappa shape index (κ1) is 18.4. The highest BCUT2D eigenvalue weighted by Gasteiger charge is 2.38. The fourth-order valence-corrected chi connectivity index (χ4v) is 2.52. The van der Waals surface area contributed by atoms with Crippen molar-refractivity contribution in [1.82, 2.24) is 0 Å². The molecule has 0 radical (unpaired) electrons. The zero-order valence-electron chi connectivity index (χ0n) is 13.8. The lowest BCUT2D eigenvalue weighted by Crippen LogP contribution is -2.42. The van der Waals surface area contributed by atoms with Crippen molar-refractivity contribution >= 4 is 14.3 Å². The van der Waals surface area contributed by atoms with Crippen molar-refractivity contribution in [3.8, 4) is 0 Å². The maximum Gasteiger partial charge on any atom is 0.333 e. The Balaban J connectivity index is 4.81. The number of ether oxygens (including phenoxy) is 1. The second-order valence-corrected chi connectivity index (χ2v) is 11.7. The summed E-state index contributed by atoms with van der Waals surface area (Å²) in [6, 6.07) is 0. The van der Waals surface area contributed by atoms with Gasteiger partial charge in [-0.2, -0.15) is 0 Å². The predicted molar refractivity (Wildman–Crippen MR) is 82.6 cm³/mol. The molecular formula is C15H30O3Si. The fraction of sp³-hybridized carbons (Fsp3) is 0.800. The molecule has 0 N–H and O–H groups in total. The van der Waals surface area contributed by atoms with Gasteiger partial charge in [0.1, 0.15) is 0 Å². The van der Waals surface area contributed by atoms with E-state index < -0.39 is 8.32 Å². The van der Waals surface area contributed by atoms with Crippen LogP contribution < -0.4 is 0 Å². The average molecular weight is 286 g/mol. The van der Waals surface area contributed by atoms with Crippen molar-refractivity contribution in [1.29, 1.82) is 0 Å². The Morgan fingerprint density at radius 2 is 1.74 bits per heavy atom. The predicted octanol–water partition coefficient (Wildman–Crippen LogP) is 4.01. The number of hydrogen-bond acceptors (Lipinski definition) is 3. The van der Waals surface area contributed by atoms with Crippen LogP contribution in [0.25, 0.3) is 0 Å². The Labute approximate surface area is 119 Å². The molecule has 0 saturated heterocycles. The molecule has 3 nitrogen and oxygen atoms in total. The Bertz CT molecular complexity index is 327. The third-order valence-electron chi connectivity index (χ3n) is 4.13. The van der Waals surface area contributed by atoms with E-state index in [0.29, 0.717) is 18.1 Å². The zero-order valence-corrected chi connectivity index (χ0v) is 14.8. The van der Waals surface area contributed by atoms with E-state index in [4.69, 9.17) is 9.16 Å². The van der Waals surface area contributed by atoms with E-state index in [1.54, 1.807) is 0 Å².